The number of Topliss-reactive ketones (excluding diaryl/α,β-unsaturated/α-hetero) is 1. The number of allylic oxidation sites excluding steroid dienone is 2. The van der Waals surface area contributed by atoms with E-state index in [2.05, 4.69) is 20.8 Å². The van der Waals surface area contributed by atoms with Crippen molar-refractivity contribution in [3.05, 3.63) is 11.1 Å². The van der Waals surface area contributed by atoms with E-state index in [1.807, 2.05) is 0 Å². The number of rotatable bonds is 7. The van der Waals surface area contributed by atoms with Crippen molar-refractivity contribution in [3.63, 3.8) is 0 Å². The van der Waals surface area contributed by atoms with E-state index in [-0.39, 0.29) is 6.29 Å². The molecule has 3 nitrogen and oxygen atoms in total. The normalized spacial score (nSPS) is 20.8. The SMILES string of the molecule is COC(CCC1=C(C)CC(CC(C)C)CC1=O)OC. The number of ether oxygens (including phenoxy) is 2. The van der Waals surface area contributed by atoms with Crippen molar-refractivity contribution in [3.8, 4) is 0 Å². The third-order valence-corrected chi connectivity index (χ3v) is 3.88. The van der Waals surface area contributed by atoms with Crippen LogP contribution < -0.4 is 0 Å². The van der Waals surface area contributed by atoms with Crippen LogP contribution in [0.5, 0.6) is 0 Å². The molecule has 0 amide bonds. The van der Waals surface area contributed by atoms with Gasteiger partial charge >= 0.3 is 0 Å². The molecule has 0 radical (unpaired) electrons. The number of carbonyl (C=O) groups excluding carboxylic acids is 1. The molecule has 1 atom stereocenters. The first-order valence-corrected chi connectivity index (χ1v) is 7.25. The molecule has 0 N–H and O–H groups in total. The molecule has 0 heterocycles. The summed E-state index contributed by atoms with van der Waals surface area (Å²) in [5.74, 6) is 1.54. The van der Waals surface area contributed by atoms with E-state index >= 15 is 0 Å². The third-order valence-electron chi connectivity index (χ3n) is 3.88. The number of carbonyl (C=O) groups is 1. The maximum absolute atomic E-state index is 12.2. The molecule has 1 unspecified atom stereocenters. The van der Waals surface area contributed by atoms with Crippen LogP contribution in [0.15, 0.2) is 11.1 Å². The van der Waals surface area contributed by atoms with Crippen molar-refractivity contribution < 1.29 is 14.3 Å². The second-order valence-corrected chi connectivity index (χ2v) is 6.03. The first-order chi connectivity index (χ1) is 8.97. The van der Waals surface area contributed by atoms with Crippen LogP contribution in [0.2, 0.25) is 0 Å². The molecule has 0 saturated heterocycles. The zero-order valence-corrected chi connectivity index (χ0v) is 13.0. The van der Waals surface area contributed by atoms with E-state index in [0.29, 0.717) is 17.6 Å². The molecule has 19 heavy (non-hydrogen) atoms. The van der Waals surface area contributed by atoms with E-state index in [0.717, 1.165) is 37.7 Å². The summed E-state index contributed by atoms with van der Waals surface area (Å²) >= 11 is 0. The Kier molecular flexibility index (Phi) is 6.73. The predicted molar refractivity (Wildman–Crippen MR) is 76.9 cm³/mol. The van der Waals surface area contributed by atoms with E-state index in [1.165, 1.54) is 5.57 Å². The minimum absolute atomic E-state index is 0.207. The van der Waals surface area contributed by atoms with Crippen LogP contribution in [-0.4, -0.2) is 26.3 Å². The molecule has 0 saturated carbocycles. The fraction of sp³-hybridized carbons (Fsp3) is 0.812. The molecule has 0 aromatic carbocycles. The molecule has 0 aromatic heterocycles. The number of methoxy groups -OCH3 is 2. The Balaban J connectivity index is 2.60. The Labute approximate surface area is 117 Å². The predicted octanol–water partition coefficient (Wildman–Crippen LogP) is 3.73. The monoisotopic (exact) mass is 268 g/mol. The number of hydrogen-bond donors (Lipinski definition) is 0. The van der Waals surface area contributed by atoms with Crippen molar-refractivity contribution in [1.82, 2.24) is 0 Å². The minimum Gasteiger partial charge on any atom is -0.356 e. The molecule has 110 valence electrons. The summed E-state index contributed by atoms with van der Waals surface area (Å²) in [7, 11) is 3.27. The van der Waals surface area contributed by atoms with Crippen molar-refractivity contribution in [2.24, 2.45) is 11.8 Å². The first-order valence-electron chi connectivity index (χ1n) is 7.25. The van der Waals surface area contributed by atoms with E-state index < -0.39 is 0 Å². The highest BCUT2D eigenvalue weighted by molar-refractivity contribution is 5.97. The average Bonchev–Trinajstić information content (AvgIpc) is 2.32. The van der Waals surface area contributed by atoms with Crippen LogP contribution >= 0.6 is 0 Å². The van der Waals surface area contributed by atoms with E-state index in [4.69, 9.17) is 9.47 Å². The van der Waals surface area contributed by atoms with Crippen molar-refractivity contribution in [2.75, 3.05) is 14.2 Å². The van der Waals surface area contributed by atoms with Gasteiger partial charge in [0.15, 0.2) is 12.1 Å². The van der Waals surface area contributed by atoms with Crippen LogP contribution in [0, 0.1) is 11.8 Å². The summed E-state index contributed by atoms with van der Waals surface area (Å²) in [5, 5.41) is 0. The van der Waals surface area contributed by atoms with Crippen LogP contribution in [0.3, 0.4) is 0 Å². The Bertz CT molecular complexity index is 327. The van der Waals surface area contributed by atoms with Gasteiger partial charge in [0.1, 0.15) is 0 Å². The Morgan fingerprint density at radius 1 is 1.21 bits per heavy atom. The molecule has 1 aliphatic rings. The van der Waals surface area contributed by atoms with E-state index in [1.54, 1.807) is 14.2 Å². The molecule has 3 heteroatoms. The molecular weight excluding hydrogens is 240 g/mol. The molecular formula is C16H28O3. The summed E-state index contributed by atoms with van der Waals surface area (Å²) in [6.45, 7) is 6.55. The topological polar surface area (TPSA) is 35.5 Å². The lowest BCUT2D eigenvalue weighted by Gasteiger charge is -2.26. The van der Waals surface area contributed by atoms with Crippen LogP contribution in [0.4, 0.5) is 0 Å². The average molecular weight is 268 g/mol. The van der Waals surface area contributed by atoms with Gasteiger partial charge in [0.2, 0.25) is 0 Å². The summed E-state index contributed by atoms with van der Waals surface area (Å²) in [6.07, 6.45) is 4.25. The van der Waals surface area contributed by atoms with Crippen LogP contribution in [0.1, 0.15) is 52.9 Å². The van der Waals surface area contributed by atoms with Crippen molar-refractivity contribution in [1.29, 1.82) is 0 Å². The van der Waals surface area contributed by atoms with Gasteiger partial charge in [-0.1, -0.05) is 19.4 Å². The van der Waals surface area contributed by atoms with Gasteiger partial charge in [-0.3, -0.25) is 4.79 Å². The van der Waals surface area contributed by atoms with Gasteiger partial charge in [-0.15, -0.1) is 0 Å². The lowest BCUT2D eigenvalue weighted by Crippen LogP contribution is -2.21. The Morgan fingerprint density at radius 2 is 1.84 bits per heavy atom. The smallest absolute Gasteiger partial charge is 0.159 e. The van der Waals surface area contributed by atoms with Gasteiger partial charge in [-0.25, -0.2) is 0 Å². The summed E-state index contributed by atoms with van der Waals surface area (Å²) in [4.78, 5) is 12.2. The summed E-state index contributed by atoms with van der Waals surface area (Å²) in [5.41, 5.74) is 2.28. The van der Waals surface area contributed by atoms with Crippen molar-refractivity contribution in [2.45, 2.75) is 59.2 Å². The zero-order chi connectivity index (χ0) is 14.4. The Morgan fingerprint density at radius 3 is 2.32 bits per heavy atom. The van der Waals surface area contributed by atoms with Gasteiger partial charge in [0.25, 0.3) is 0 Å². The van der Waals surface area contributed by atoms with Gasteiger partial charge in [0.05, 0.1) is 0 Å². The van der Waals surface area contributed by atoms with Gasteiger partial charge < -0.3 is 9.47 Å². The largest absolute Gasteiger partial charge is 0.356 e. The zero-order valence-electron chi connectivity index (χ0n) is 13.0. The third kappa shape index (κ3) is 5.07. The van der Waals surface area contributed by atoms with Gasteiger partial charge in [-0.05, 0) is 43.6 Å². The second-order valence-electron chi connectivity index (χ2n) is 6.03. The standard InChI is InChI=1S/C16H28O3/c1-11(2)8-13-9-12(3)14(15(17)10-13)6-7-16(18-4)19-5/h11,13,16H,6-10H2,1-5H3. The van der Waals surface area contributed by atoms with E-state index in [9.17, 15) is 4.79 Å². The maximum atomic E-state index is 12.2. The lowest BCUT2D eigenvalue weighted by atomic mass is 9.78. The molecule has 1 aliphatic carbocycles. The van der Waals surface area contributed by atoms with Gasteiger partial charge in [-0.2, -0.15) is 0 Å². The molecule has 0 fully saturated rings. The fourth-order valence-corrected chi connectivity index (χ4v) is 3.03. The molecule has 1 rings (SSSR count). The maximum Gasteiger partial charge on any atom is 0.159 e. The lowest BCUT2D eigenvalue weighted by molar-refractivity contribution is -0.118. The number of ketones is 1. The van der Waals surface area contributed by atoms with Crippen LogP contribution in [0.25, 0.3) is 0 Å². The minimum atomic E-state index is -0.207. The highest BCUT2D eigenvalue weighted by atomic mass is 16.7. The quantitative estimate of drug-likeness (QED) is 0.660. The van der Waals surface area contributed by atoms with Crippen molar-refractivity contribution >= 4 is 5.78 Å². The summed E-state index contributed by atoms with van der Waals surface area (Å²) < 4.78 is 10.4. The molecule has 0 aromatic rings. The second kappa shape index (κ2) is 7.81. The highest BCUT2D eigenvalue weighted by Crippen LogP contribution is 2.33. The summed E-state index contributed by atoms with van der Waals surface area (Å²) in [6, 6.07) is 0. The molecule has 0 spiro atoms. The van der Waals surface area contributed by atoms with Crippen LogP contribution in [-0.2, 0) is 14.3 Å². The fourth-order valence-electron chi connectivity index (χ4n) is 3.03. The highest BCUT2D eigenvalue weighted by Gasteiger charge is 2.26. The molecule has 0 bridgehead atoms. The molecule has 0 aliphatic heterocycles. The number of hydrogen-bond acceptors (Lipinski definition) is 3. The Hall–Kier alpha value is -0.670. The first kappa shape index (κ1) is 16.4. The van der Waals surface area contributed by atoms with Gasteiger partial charge in [0, 0.05) is 27.1 Å².